The van der Waals surface area contributed by atoms with Gasteiger partial charge in [-0.1, -0.05) is 90.2 Å². The predicted octanol–water partition coefficient (Wildman–Crippen LogP) is 2.50. The molecule has 5 rings (SSSR count). The minimum Gasteiger partial charge on any atom is -0.457 e. The molecule has 0 saturated carbocycles. The first-order valence-corrected chi connectivity index (χ1v) is 13.5. The monoisotopic (exact) mass is 533 g/mol. The summed E-state index contributed by atoms with van der Waals surface area (Å²) in [5.41, 5.74) is 4.66. The van der Waals surface area contributed by atoms with Crippen LogP contribution in [-0.4, -0.2) is 0 Å². The maximum Gasteiger partial charge on any atom is 0.262 e. The average Bonchev–Trinajstić information content (AvgIpc) is 3.26. The molecule has 188 valence electrons. The first-order chi connectivity index (χ1) is 17.8. The van der Waals surface area contributed by atoms with Crippen LogP contribution in [-0.2, 0) is 11.3 Å². The van der Waals surface area contributed by atoms with Crippen LogP contribution in [0.15, 0.2) is 115 Å². The summed E-state index contributed by atoms with van der Waals surface area (Å²) in [7, 11) is -4.94. The van der Waals surface area contributed by atoms with E-state index in [0.717, 1.165) is 29.2 Å². The Balaban J connectivity index is 0.000000586. The quantitative estimate of drug-likeness (QED) is 0.366. The highest BCUT2D eigenvalue weighted by molar-refractivity contribution is 7.18. The number of benzene rings is 3. The van der Waals surface area contributed by atoms with Gasteiger partial charge < -0.3 is 4.74 Å². The summed E-state index contributed by atoms with van der Waals surface area (Å²) in [6, 6.07) is 29.2. The van der Waals surface area contributed by atoms with Gasteiger partial charge in [-0.3, -0.25) is 0 Å². The van der Waals surface area contributed by atoms with Crippen molar-refractivity contribution in [3.05, 3.63) is 131 Å². The van der Waals surface area contributed by atoms with E-state index in [1.807, 2.05) is 41.7 Å². The summed E-state index contributed by atoms with van der Waals surface area (Å²) in [4.78, 5) is 0. The Morgan fingerprint density at radius 3 is 2.05 bits per heavy atom. The van der Waals surface area contributed by atoms with Gasteiger partial charge in [0.2, 0.25) is 5.52 Å². The first kappa shape index (κ1) is 26.5. The zero-order chi connectivity index (χ0) is 26.3. The molecular weight excluding hydrogens is 510 g/mol. The number of hydrogen-bond donors (Lipinski definition) is 0. The highest BCUT2D eigenvalue weighted by Crippen LogP contribution is 2.31. The van der Waals surface area contributed by atoms with Crippen LogP contribution in [0.4, 0.5) is 0 Å². The molecule has 0 saturated heterocycles. The highest BCUT2D eigenvalue weighted by atomic mass is 35.7. The standard InChI is InChI=1S/C29H24NOS.ClHO4/c1-2-30-26-17-9-10-18-28(26)32-29(30)19-11-16-25-20-24(22-12-5-3-6-13-22)21-27(31-25)23-14-7-4-8-15-23;2-1(3,4)5/h3-21H,2H2,1H3;(H,2,3,4,5)/q+1;/p-1/b19-11+,25-16+;. The molecular formula is C29H24ClNO5S. The van der Waals surface area contributed by atoms with Crippen molar-refractivity contribution in [3.63, 3.8) is 0 Å². The number of ether oxygens (including phenoxy) is 1. The van der Waals surface area contributed by atoms with E-state index in [1.165, 1.54) is 20.8 Å². The summed E-state index contributed by atoms with van der Waals surface area (Å²) in [5.74, 6) is 1.68. The molecule has 0 aliphatic carbocycles. The number of rotatable bonds is 5. The summed E-state index contributed by atoms with van der Waals surface area (Å²) >= 11 is 1.81. The third-order valence-electron chi connectivity index (χ3n) is 5.43. The summed E-state index contributed by atoms with van der Waals surface area (Å²) in [6.07, 6.45) is 10.5. The van der Waals surface area contributed by atoms with Crippen molar-refractivity contribution in [1.29, 1.82) is 0 Å². The van der Waals surface area contributed by atoms with Crippen LogP contribution in [0.2, 0.25) is 0 Å². The molecule has 6 nitrogen and oxygen atoms in total. The zero-order valence-corrected chi connectivity index (χ0v) is 21.5. The van der Waals surface area contributed by atoms with Crippen molar-refractivity contribution >= 4 is 39.0 Å². The molecule has 37 heavy (non-hydrogen) atoms. The lowest BCUT2D eigenvalue weighted by Crippen LogP contribution is -2.68. The van der Waals surface area contributed by atoms with E-state index in [1.54, 1.807) is 0 Å². The lowest BCUT2D eigenvalue weighted by molar-refractivity contribution is -2.00. The number of aryl methyl sites for hydroxylation is 1. The molecule has 0 fully saturated rings. The van der Waals surface area contributed by atoms with Crippen LogP contribution in [0.1, 0.15) is 23.1 Å². The fourth-order valence-electron chi connectivity index (χ4n) is 3.87. The molecule has 0 N–H and O–H groups in total. The van der Waals surface area contributed by atoms with E-state index in [2.05, 4.69) is 96.5 Å². The van der Waals surface area contributed by atoms with Crippen molar-refractivity contribution in [2.45, 2.75) is 13.5 Å². The topological polar surface area (TPSA) is 105 Å². The fraction of sp³-hybridized carbons (Fsp3) is 0.0690. The molecule has 0 atom stereocenters. The average molecular weight is 534 g/mol. The third-order valence-corrected chi connectivity index (χ3v) is 6.56. The molecule has 2 heterocycles. The van der Waals surface area contributed by atoms with Crippen molar-refractivity contribution in [2.75, 3.05) is 0 Å². The minimum atomic E-state index is -4.94. The normalized spacial score (nSPS) is 14.7. The van der Waals surface area contributed by atoms with Gasteiger partial charge in [0, 0.05) is 17.7 Å². The van der Waals surface area contributed by atoms with E-state index in [4.69, 9.17) is 23.4 Å². The summed E-state index contributed by atoms with van der Waals surface area (Å²) in [6.45, 7) is 3.13. The maximum absolute atomic E-state index is 8.49. The van der Waals surface area contributed by atoms with Crippen molar-refractivity contribution in [1.82, 2.24) is 0 Å². The number of hydrogen-bond acceptors (Lipinski definition) is 6. The fourth-order valence-corrected chi connectivity index (χ4v) is 5.01. The van der Waals surface area contributed by atoms with Gasteiger partial charge in [-0.05, 0) is 42.4 Å². The Hall–Kier alpha value is -3.56. The molecule has 0 bridgehead atoms. The van der Waals surface area contributed by atoms with Gasteiger partial charge in [-0.15, -0.1) is 10.2 Å². The molecule has 4 aromatic rings. The van der Waals surface area contributed by atoms with Gasteiger partial charge in [0.1, 0.15) is 22.8 Å². The Kier molecular flexibility index (Phi) is 8.68. The largest absolute Gasteiger partial charge is 0.457 e. The molecule has 0 unspecified atom stereocenters. The van der Waals surface area contributed by atoms with E-state index < -0.39 is 10.2 Å². The lowest BCUT2D eigenvalue weighted by Gasteiger charge is -2.18. The van der Waals surface area contributed by atoms with Gasteiger partial charge in [0.25, 0.3) is 5.01 Å². The number of allylic oxidation sites excluding steroid dienone is 5. The Morgan fingerprint density at radius 1 is 0.811 bits per heavy atom. The van der Waals surface area contributed by atoms with Crippen molar-refractivity contribution < 1.29 is 38.2 Å². The number of para-hydroxylation sites is 1. The van der Waals surface area contributed by atoms with Gasteiger partial charge in [-0.2, -0.15) is 4.57 Å². The summed E-state index contributed by atoms with van der Waals surface area (Å²) in [5, 5.41) is 1.23. The second-order valence-electron chi connectivity index (χ2n) is 7.90. The van der Waals surface area contributed by atoms with Crippen molar-refractivity contribution in [2.24, 2.45) is 0 Å². The minimum absolute atomic E-state index is 0.825. The maximum atomic E-state index is 8.49. The van der Waals surface area contributed by atoms with Crippen LogP contribution < -0.4 is 23.2 Å². The van der Waals surface area contributed by atoms with Gasteiger partial charge in [0.15, 0.2) is 0 Å². The number of fused-ring (bicyclic) bond motifs is 1. The van der Waals surface area contributed by atoms with Crippen LogP contribution in [0.25, 0.3) is 27.6 Å². The van der Waals surface area contributed by atoms with Gasteiger partial charge >= 0.3 is 0 Å². The molecule has 0 radical (unpaired) electrons. The summed E-state index contributed by atoms with van der Waals surface area (Å²) < 4.78 is 43.9. The van der Waals surface area contributed by atoms with Crippen LogP contribution in [0.3, 0.4) is 0 Å². The Labute approximate surface area is 221 Å². The van der Waals surface area contributed by atoms with Gasteiger partial charge in [0.05, 0.1) is 0 Å². The van der Waals surface area contributed by atoms with Crippen LogP contribution >= 0.6 is 11.3 Å². The van der Waals surface area contributed by atoms with E-state index in [0.29, 0.717) is 0 Å². The first-order valence-electron chi connectivity index (χ1n) is 11.5. The SMILES string of the molecule is CC[n+]1c(/C=C/C=C2\C=C(c3ccccc3)C=C(c3ccccc3)O2)sc2ccccc21.[O-][Cl+3]([O-])([O-])[O-]. The Bertz CT molecular complexity index is 1460. The molecule has 1 aromatic heterocycles. The van der Waals surface area contributed by atoms with E-state index in [9.17, 15) is 0 Å². The highest BCUT2D eigenvalue weighted by Gasteiger charge is 2.16. The van der Waals surface area contributed by atoms with Crippen LogP contribution in [0, 0.1) is 10.2 Å². The number of halogens is 1. The zero-order valence-electron chi connectivity index (χ0n) is 20.0. The van der Waals surface area contributed by atoms with E-state index in [-0.39, 0.29) is 0 Å². The Morgan fingerprint density at radius 2 is 1.41 bits per heavy atom. The van der Waals surface area contributed by atoms with Crippen molar-refractivity contribution in [3.8, 4) is 0 Å². The molecule has 1 aliphatic heterocycles. The molecule has 3 aromatic carbocycles. The molecule has 1 aliphatic rings. The molecule has 8 heteroatoms. The van der Waals surface area contributed by atoms with Gasteiger partial charge in [-0.25, -0.2) is 18.6 Å². The predicted molar refractivity (Wildman–Crippen MR) is 135 cm³/mol. The molecule has 0 spiro atoms. The lowest BCUT2D eigenvalue weighted by atomic mass is 10.0. The second-order valence-corrected chi connectivity index (χ2v) is 9.72. The van der Waals surface area contributed by atoms with Crippen LogP contribution in [0.5, 0.6) is 0 Å². The number of thiazole rings is 1. The smallest absolute Gasteiger partial charge is 0.262 e. The number of aromatic nitrogens is 1. The molecule has 0 amide bonds. The van der Waals surface area contributed by atoms with E-state index >= 15 is 0 Å². The second kappa shape index (κ2) is 12.1. The third kappa shape index (κ3) is 7.47. The number of nitrogens with zero attached hydrogens (tertiary/aromatic N) is 1.